The van der Waals surface area contributed by atoms with E-state index in [-0.39, 0.29) is 0 Å². The highest BCUT2D eigenvalue weighted by Gasteiger charge is 2.06. The minimum absolute atomic E-state index is 0.445. The van der Waals surface area contributed by atoms with Gasteiger partial charge in [0.2, 0.25) is 0 Å². The Morgan fingerprint density at radius 1 is 0.833 bits per heavy atom. The van der Waals surface area contributed by atoms with E-state index in [1.165, 1.54) is 0 Å². The molecule has 2 aromatic heterocycles. The first-order valence-corrected chi connectivity index (χ1v) is 7.62. The topological polar surface area (TPSA) is 77.8 Å². The van der Waals surface area contributed by atoms with Crippen LogP contribution in [0.3, 0.4) is 0 Å². The zero-order chi connectivity index (χ0) is 12.8. The van der Waals surface area contributed by atoms with Crippen LogP contribution in [0.15, 0.2) is 46.5 Å². The average molecular weight is 278 g/mol. The molecule has 2 rings (SSSR count). The molecule has 0 atom stereocenters. The van der Waals surface area contributed by atoms with Gasteiger partial charge in [-0.05, 0) is 24.3 Å². The van der Waals surface area contributed by atoms with Crippen molar-refractivity contribution >= 4 is 21.6 Å². The van der Waals surface area contributed by atoms with Gasteiger partial charge in [-0.25, -0.2) is 0 Å². The Kier molecular flexibility index (Phi) is 5.00. The van der Waals surface area contributed by atoms with E-state index in [0.717, 1.165) is 21.2 Å². The van der Waals surface area contributed by atoms with E-state index in [9.17, 15) is 0 Å². The van der Waals surface area contributed by atoms with Crippen LogP contribution in [-0.2, 0) is 13.1 Å². The van der Waals surface area contributed by atoms with Crippen LogP contribution in [0.1, 0.15) is 11.4 Å². The molecule has 2 aromatic rings. The zero-order valence-electron chi connectivity index (χ0n) is 9.74. The minimum atomic E-state index is 0.445. The van der Waals surface area contributed by atoms with Gasteiger partial charge < -0.3 is 11.5 Å². The standard InChI is InChI=1S/C12H14N4S2/c13-7-9-11(3-1-5-15-9)17-18-12-4-2-6-16-10(12)8-14/h1-6H,7-8,13-14H2. The van der Waals surface area contributed by atoms with E-state index < -0.39 is 0 Å². The van der Waals surface area contributed by atoms with E-state index in [1.54, 1.807) is 34.0 Å². The summed E-state index contributed by atoms with van der Waals surface area (Å²) < 4.78 is 0. The van der Waals surface area contributed by atoms with E-state index >= 15 is 0 Å². The molecule has 0 aromatic carbocycles. The second-order valence-corrected chi connectivity index (χ2v) is 5.68. The number of hydrogen-bond donors (Lipinski definition) is 2. The monoisotopic (exact) mass is 278 g/mol. The lowest BCUT2D eigenvalue weighted by molar-refractivity contribution is 0.943. The maximum Gasteiger partial charge on any atom is 0.0683 e. The van der Waals surface area contributed by atoms with Gasteiger partial charge in [0.25, 0.3) is 0 Å². The number of rotatable bonds is 5. The summed E-state index contributed by atoms with van der Waals surface area (Å²) >= 11 is 0. The Morgan fingerprint density at radius 3 is 1.67 bits per heavy atom. The van der Waals surface area contributed by atoms with Crippen LogP contribution in [0, 0.1) is 0 Å². The fourth-order valence-electron chi connectivity index (χ4n) is 1.39. The van der Waals surface area contributed by atoms with Crippen molar-refractivity contribution in [1.29, 1.82) is 0 Å². The third-order valence-corrected chi connectivity index (χ3v) is 4.82. The molecule has 2 heterocycles. The molecule has 0 fully saturated rings. The molecular formula is C12H14N4S2. The summed E-state index contributed by atoms with van der Waals surface area (Å²) in [5.74, 6) is 0. The first-order valence-electron chi connectivity index (χ1n) is 5.47. The molecule has 0 radical (unpaired) electrons. The highest BCUT2D eigenvalue weighted by atomic mass is 33.1. The van der Waals surface area contributed by atoms with Crippen molar-refractivity contribution in [3.05, 3.63) is 48.0 Å². The van der Waals surface area contributed by atoms with Gasteiger partial charge in [0.1, 0.15) is 0 Å². The second-order valence-electron chi connectivity index (χ2n) is 3.47. The molecule has 18 heavy (non-hydrogen) atoms. The highest BCUT2D eigenvalue weighted by molar-refractivity contribution is 8.76. The molecule has 4 N–H and O–H groups in total. The van der Waals surface area contributed by atoms with Crippen LogP contribution >= 0.6 is 21.6 Å². The number of nitrogens with two attached hydrogens (primary N) is 2. The molecule has 6 heteroatoms. The van der Waals surface area contributed by atoms with Gasteiger partial charge in [-0.2, -0.15) is 0 Å². The third kappa shape index (κ3) is 3.23. The van der Waals surface area contributed by atoms with E-state index in [0.29, 0.717) is 13.1 Å². The van der Waals surface area contributed by atoms with Crippen molar-refractivity contribution in [3.8, 4) is 0 Å². The lowest BCUT2D eigenvalue weighted by Gasteiger charge is -2.07. The summed E-state index contributed by atoms with van der Waals surface area (Å²) in [6.07, 6.45) is 3.51. The molecule has 0 aliphatic heterocycles. The number of pyridine rings is 2. The number of nitrogens with zero attached hydrogens (tertiary/aromatic N) is 2. The summed E-state index contributed by atoms with van der Waals surface area (Å²) in [6, 6.07) is 7.86. The van der Waals surface area contributed by atoms with Gasteiger partial charge >= 0.3 is 0 Å². The predicted molar refractivity (Wildman–Crippen MR) is 76.0 cm³/mol. The molecule has 0 unspecified atom stereocenters. The van der Waals surface area contributed by atoms with Gasteiger partial charge in [0.05, 0.1) is 11.4 Å². The summed E-state index contributed by atoms with van der Waals surface area (Å²) in [7, 11) is 3.27. The van der Waals surface area contributed by atoms with Crippen LogP contribution in [0.5, 0.6) is 0 Å². The predicted octanol–water partition coefficient (Wildman–Crippen LogP) is 2.19. The molecular weight excluding hydrogens is 264 g/mol. The Balaban J connectivity index is 2.11. The van der Waals surface area contributed by atoms with Crippen molar-refractivity contribution in [2.24, 2.45) is 11.5 Å². The van der Waals surface area contributed by atoms with Crippen LogP contribution in [0.4, 0.5) is 0 Å². The molecule has 0 aliphatic carbocycles. The van der Waals surface area contributed by atoms with Crippen LogP contribution in [0.25, 0.3) is 0 Å². The fourth-order valence-corrected chi connectivity index (χ4v) is 3.76. The first kappa shape index (κ1) is 13.4. The molecule has 4 nitrogen and oxygen atoms in total. The van der Waals surface area contributed by atoms with Crippen molar-refractivity contribution in [2.75, 3.05) is 0 Å². The van der Waals surface area contributed by atoms with Crippen LogP contribution in [-0.4, -0.2) is 9.97 Å². The van der Waals surface area contributed by atoms with Gasteiger partial charge in [-0.3, -0.25) is 9.97 Å². The number of aromatic nitrogens is 2. The fraction of sp³-hybridized carbons (Fsp3) is 0.167. The van der Waals surface area contributed by atoms with E-state index in [1.807, 2.05) is 24.3 Å². The lowest BCUT2D eigenvalue weighted by Crippen LogP contribution is -2.01. The highest BCUT2D eigenvalue weighted by Crippen LogP contribution is 2.39. The van der Waals surface area contributed by atoms with Gasteiger partial charge in [-0.15, -0.1) is 0 Å². The summed E-state index contributed by atoms with van der Waals surface area (Å²) in [5, 5.41) is 0. The normalized spacial score (nSPS) is 10.6. The summed E-state index contributed by atoms with van der Waals surface area (Å²) in [6.45, 7) is 0.890. The Morgan fingerprint density at radius 2 is 1.28 bits per heavy atom. The SMILES string of the molecule is NCc1ncccc1SSc1cccnc1CN. The van der Waals surface area contributed by atoms with Gasteiger partial charge in [0, 0.05) is 35.3 Å². The zero-order valence-corrected chi connectivity index (χ0v) is 11.4. The van der Waals surface area contributed by atoms with E-state index in [4.69, 9.17) is 11.5 Å². The van der Waals surface area contributed by atoms with Crippen molar-refractivity contribution < 1.29 is 0 Å². The Bertz CT molecular complexity index is 471. The average Bonchev–Trinajstić information content (AvgIpc) is 2.45. The Labute approximate surface area is 114 Å². The van der Waals surface area contributed by atoms with E-state index in [2.05, 4.69) is 9.97 Å². The molecule has 94 valence electrons. The molecule has 0 amide bonds. The van der Waals surface area contributed by atoms with Crippen molar-refractivity contribution in [1.82, 2.24) is 9.97 Å². The maximum absolute atomic E-state index is 5.66. The van der Waals surface area contributed by atoms with Gasteiger partial charge in [-0.1, -0.05) is 21.6 Å². The Hall–Kier alpha value is -1.08. The largest absolute Gasteiger partial charge is 0.325 e. The molecule has 0 aliphatic rings. The van der Waals surface area contributed by atoms with Crippen molar-refractivity contribution in [3.63, 3.8) is 0 Å². The lowest BCUT2D eigenvalue weighted by atomic mass is 10.3. The first-order chi connectivity index (χ1) is 8.85. The second kappa shape index (κ2) is 6.75. The quantitative estimate of drug-likeness (QED) is 0.816. The third-order valence-electron chi connectivity index (χ3n) is 2.30. The maximum atomic E-state index is 5.66. The molecule has 0 saturated heterocycles. The van der Waals surface area contributed by atoms with Crippen LogP contribution < -0.4 is 11.5 Å². The molecule has 0 bridgehead atoms. The van der Waals surface area contributed by atoms with Gasteiger partial charge in [0.15, 0.2) is 0 Å². The number of hydrogen-bond acceptors (Lipinski definition) is 6. The summed E-state index contributed by atoms with van der Waals surface area (Å²) in [5.41, 5.74) is 13.1. The van der Waals surface area contributed by atoms with Crippen LogP contribution in [0.2, 0.25) is 0 Å². The van der Waals surface area contributed by atoms with Crippen molar-refractivity contribution in [2.45, 2.75) is 22.9 Å². The summed E-state index contributed by atoms with van der Waals surface area (Å²) in [4.78, 5) is 10.7. The minimum Gasteiger partial charge on any atom is -0.325 e. The molecule has 0 saturated carbocycles. The smallest absolute Gasteiger partial charge is 0.0683 e. The molecule has 0 spiro atoms.